The number of imidazole rings is 1. The summed E-state index contributed by atoms with van der Waals surface area (Å²) in [4.78, 5) is 35.0. The summed E-state index contributed by atoms with van der Waals surface area (Å²) in [5.41, 5.74) is 1.55. The van der Waals surface area contributed by atoms with Crippen LogP contribution >= 0.6 is 0 Å². The molecular weight excluding hydrogens is 592 g/mol. The first-order valence-corrected chi connectivity index (χ1v) is 18.2. The third kappa shape index (κ3) is 10.4. The topological polar surface area (TPSA) is 161 Å². The maximum atomic E-state index is 13.9. The lowest BCUT2D eigenvalue weighted by Crippen LogP contribution is -2.57. The zero-order chi connectivity index (χ0) is 32.6. The Balaban J connectivity index is 1.54. The van der Waals surface area contributed by atoms with Crippen molar-refractivity contribution >= 4 is 21.7 Å². The van der Waals surface area contributed by atoms with Crippen molar-refractivity contribution in [1.29, 1.82) is 0 Å². The molecule has 5 atom stereocenters. The van der Waals surface area contributed by atoms with Crippen molar-refractivity contribution < 1.29 is 28.2 Å². The summed E-state index contributed by atoms with van der Waals surface area (Å²) in [6, 6.07) is 7.85. The number of H-pyrrole nitrogens is 1. The van der Waals surface area contributed by atoms with Crippen LogP contribution in [0.5, 0.6) is 0 Å². The summed E-state index contributed by atoms with van der Waals surface area (Å²) in [5.74, 6) is -1.88. The molecule has 1 aromatic heterocycles. The quantitative estimate of drug-likeness (QED) is 0.187. The average molecular weight is 645 g/mol. The standard InChI is InChI=1S/C34H52N4O6S/c1-34(2,3)45(43,44)21-26(15-14-23-10-6-4-7-11-23)32(41)38-29(19-27-20-35-22-36-27)33(42)37-28(18-24-12-8-5-9-13-24)31(40)30(39)25-16-17-25/h4,6-7,10-11,20,22,24-26,28-31,39-40H,5,8-9,12-19,21H2,1-3H3,(H,35,36)(H,37,42)(H,38,41)/t26-,28+,29+,30+,31-/m1/s1. The molecule has 11 heteroatoms. The molecule has 2 aliphatic carbocycles. The largest absolute Gasteiger partial charge is 0.390 e. The highest BCUT2D eigenvalue weighted by atomic mass is 32.2. The molecule has 0 bridgehead atoms. The molecule has 0 saturated heterocycles. The lowest BCUT2D eigenvalue weighted by atomic mass is 9.82. The second-order valence-corrected chi connectivity index (χ2v) is 16.9. The molecule has 0 spiro atoms. The molecule has 10 nitrogen and oxygen atoms in total. The van der Waals surface area contributed by atoms with E-state index in [0.717, 1.165) is 44.1 Å². The Morgan fingerprint density at radius 3 is 2.29 bits per heavy atom. The first kappa shape index (κ1) is 35.1. The van der Waals surface area contributed by atoms with Crippen LogP contribution in [0.2, 0.25) is 0 Å². The average Bonchev–Trinajstić information content (AvgIpc) is 3.73. The monoisotopic (exact) mass is 644 g/mol. The minimum atomic E-state index is -3.65. The molecule has 2 saturated carbocycles. The van der Waals surface area contributed by atoms with Crippen LogP contribution < -0.4 is 10.6 Å². The van der Waals surface area contributed by atoms with E-state index in [-0.39, 0.29) is 18.1 Å². The predicted molar refractivity (Wildman–Crippen MR) is 174 cm³/mol. The Bertz CT molecular complexity index is 1320. The number of nitrogens with one attached hydrogen (secondary N) is 3. The zero-order valence-electron chi connectivity index (χ0n) is 27.0. The number of aromatic amines is 1. The first-order chi connectivity index (χ1) is 21.3. The lowest BCUT2D eigenvalue weighted by Gasteiger charge is -2.33. The van der Waals surface area contributed by atoms with Crippen molar-refractivity contribution in [2.75, 3.05) is 5.75 Å². The molecule has 1 aromatic carbocycles. The van der Waals surface area contributed by atoms with Gasteiger partial charge in [0.05, 0.1) is 40.6 Å². The van der Waals surface area contributed by atoms with Gasteiger partial charge in [0, 0.05) is 12.6 Å². The van der Waals surface area contributed by atoms with Crippen LogP contribution in [0, 0.1) is 17.8 Å². The molecule has 2 amide bonds. The molecule has 4 rings (SSSR count). The van der Waals surface area contributed by atoms with E-state index in [1.165, 1.54) is 12.7 Å². The van der Waals surface area contributed by atoms with Crippen LogP contribution in [-0.4, -0.2) is 75.2 Å². The van der Waals surface area contributed by atoms with Gasteiger partial charge in [-0.1, -0.05) is 62.4 Å². The van der Waals surface area contributed by atoms with Crippen molar-refractivity contribution in [2.24, 2.45) is 17.8 Å². The van der Waals surface area contributed by atoms with Gasteiger partial charge < -0.3 is 25.8 Å². The number of hydrogen-bond acceptors (Lipinski definition) is 7. The van der Waals surface area contributed by atoms with Crippen LogP contribution in [0.3, 0.4) is 0 Å². The van der Waals surface area contributed by atoms with Gasteiger partial charge in [0.15, 0.2) is 9.84 Å². The van der Waals surface area contributed by atoms with Gasteiger partial charge in [-0.05, 0) is 70.3 Å². The number of aliphatic hydroxyl groups is 2. The molecule has 250 valence electrons. The van der Waals surface area contributed by atoms with Crippen molar-refractivity contribution in [1.82, 2.24) is 20.6 Å². The second-order valence-electron chi connectivity index (χ2n) is 14.1. The number of aliphatic hydroxyl groups excluding tert-OH is 2. The molecule has 2 aliphatic rings. The highest BCUT2D eigenvalue weighted by Crippen LogP contribution is 2.36. The Kier molecular flexibility index (Phi) is 12.2. The number of hydrogen-bond donors (Lipinski definition) is 5. The number of amides is 2. The molecule has 2 fully saturated rings. The molecule has 1 heterocycles. The Labute approximate surface area is 268 Å². The number of nitrogens with zero attached hydrogens (tertiary/aromatic N) is 1. The smallest absolute Gasteiger partial charge is 0.243 e. The minimum absolute atomic E-state index is 0.0282. The maximum absolute atomic E-state index is 13.9. The van der Waals surface area contributed by atoms with E-state index in [9.17, 15) is 28.2 Å². The van der Waals surface area contributed by atoms with E-state index >= 15 is 0 Å². The maximum Gasteiger partial charge on any atom is 0.243 e. The summed E-state index contributed by atoms with van der Waals surface area (Å²) < 4.78 is 25.5. The van der Waals surface area contributed by atoms with Gasteiger partial charge in [-0.2, -0.15) is 0 Å². The van der Waals surface area contributed by atoms with Crippen LogP contribution in [-0.2, 0) is 32.3 Å². The molecule has 0 unspecified atom stereocenters. The Hall–Kier alpha value is -2.76. The number of sulfone groups is 1. The Morgan fingerprint density at radius 2 is 1.69 bits per heavy atom. The van der Waals surface area contributed by atoms with Crippen molar-refractivity contribution in [3.05, 3.63) is 54.1 Å². The summed E-state index contributed by atoms with van der Waals surface area (Å²) in [7, 11) is -3.65. The number of carbonyl (C=O) groups excluding carboxylic acids is 2. The van der Waals surface area contributed by atoms with Crippen molar-refractivity contribution in [3.63, 3.8) is 0 Å². The Morgan fingerprint density at radius 1 is 1.00 bits per heavy atom. The van der Waals surface area contributed by atoms with Crippen LogP contribution in [0.1, 0.15) is 89.8 Å². The van der Waals surface area contributed by atoms with Gasteiger partial charge >= 0.3 is 0 Å². The SMILES string of the molecule is CC(C)(C)S(=O)(=O)C[C@@H](CCc1ccccc1)C(=O)N[C@@H](Cc1c[nH]cn1)C(=O)N[C@@H](CC1CCCCC1)[C@@H](O)[C@@H](O)C1CC1. The summed E-state index contributed by atoms with van der Waals surface area (Å²) in [6.07, 6.45) is 9.61. The molecule has 5 N–H and O–H groups in total. The van der Waals surface area contributed by atoms with Crippen LogP contribution in [0.25, 0.3) is 0 Å². The molecule has 2 aromatic rings. The highest BCUT2D eigenvalue weighted by molar-refractivity contribution is 7.92. The number of carbonyl (C=O) groups is 2. The summed E-state index contributed by atoms with van der Waals surface area (Å²) >= 11 is 0. The number of rotatable bonds is 16. The molecular formula is C34H52N4O6S. The van der Waals surface area contributed by atoms with Gasteiger partial charge in [0.2, 0.25) is 11.8 Å². The van der Waals surface area contributed by atoms with E-state index in [0.29, 0.717) is 30.9 Å². The fraction of sp³-hybridized carbons (Fsp3) is 0.676. The van der Waals surface area contributed by atoms with Gasteiger partial charge in [0.1, 0.15) is 12.1 Å². The molecule has 45 heavy (non-hydrogen) atoms. The number of aromatic nitrogens is 2. The van der Waals surface area contributed by atoms with E-state index < -0.39 is 56.6 Å². The molecule has 0 radical (unpaired) electrons. The van der Waals surface area contributed by atoms with Gasteiger partial charge in [-0.25, -0.2) is 13.4 Å². The zero-order valence-corrected chi connectivity index (χ0v) is 27.8. The van der Waals surface area contributed by atoms with Crippen LogP contribution in [0.15, 0.2) is 42.9 Å². The fourth-order valence-electron chi connectivity index (χ4n) is 6.20. The second kappa shape index (κ2) is 15.7. The van der Waals surface area contributed by atoms with E-state index in [1.807, 2.05) is 30.3 Å². The third-order valence-corrected chi connectivity index (χ3v) is 12.2. The number of aryl methyl sites for hydroxylation is 1. The van der Waals surface area contributed by atoms with E-state index in [1.54, 1.807) is 27.0 Å². The van der Waals surface area contributed by atoms with Crippen LogP contribution in [0.4, 0.5) is 0 Å². The number of benzene rings is 1. The lowest BCUT2D eigenvalue weighted by molar-refractivity contribution is -0.132. The van der Waals surface area contributed by atoms with Crippen molar-refractivity contribution in [2.45, 2.75) is 120 Å². The van der Waals surface area contributed by atoms with E-state index in [4.69, 9.17) is 0 Å². The highest BCUT2D eigenvalue weighted by Gasteiger charge is 2.40. The van der Waals surface area contributed by atoms with Gasteiger partial charge in [0.25, 0.3) is 0 Å². The van der Waals surface area contributed by atoms with E-state index in [2.05, 4.69) is 20.6 Å². The summed E-state index contributed by atoms with van der Waals surface area (Å²) in [6.45, 7) is 4.86. The van der Waals surface area contributed by atoms with Gasteiger partial charge in [-0.15, -0.1) is 0 Å². The predicted octanol–water partition coefficient (Wildman–Crippen LogP) is 3.49. The minimum Gasteiger partial charge on any atom is -0.390 e. The third-order valence-electron chi connectivity index (χ3n) is 9.46. The normalized spacial score (nSPS) is 19.7. The molecule has 0 aliphatic heterocycles. The fourth-order valence-corrected chi connectivity index (χ4v) is 7.55. The van der Waals surface area contributed by atoms with Crippen molar-refractivity contribution in [3.8, 4) is 0 Å². The van der Waals surface area contributed by atoms with Gasteiger partial charge in [-0.3, -0.25) is 9.59 Å². The first-order valence-electron chi connectivity index (χ1n) is 16.5. The summed E-state index contributed by atoms with van der Waals surface area (Å²) in [5, 5.41) is 27.9.